The summed E-state index contributed by atoms with van der Waals surface area (Å²) in [6.45, 7) is 5.92. The van der Waals surface area contributed by atoms with Gasteiger partial charge >= 0.3 is 0 Å². The van der Waals surface area contributed by atoms with E-state index in [2.05, 4.69) is 19.2 Å². The molecule has 0 aliphatic carbocycles. The molecule has 4 nitrogen and oxygen atoms in total. The lowest BCUT2D eigenvalue weighted by Crippen LogP contribution is -2.39. The second-order valence-electron chi connectivity index (χ2n) is 7.44. The van der Waals surface area contributed by atoms with Crippen LogP contribution >= 0.6 is 0 Å². The van der Waals surface area contributed by atoms with E-state index in [9.17, 15) is 4.79 Å². The fourth-order valence-corrected chi connectivity index (χ4v) is 3.97. The highest BCUT2D eigenvalue weighted by Gasteiger charge is 2.32. The van der Waals surface area contributed by atoms with Crippen LogP contribution in [0.25, 0.3) is 10.9 Å². The molecule has 2 saturated heterocycles. The third-order valence-corrected chi connectivity index (χ3v) is 5.37. The van der Waals surface area contributed by atoms with Gasteiger partial charge in [-0.3, -0.25) is 9.78 Å². The van der Waals surface area contributed by atoms with Crippen LogP contribution in [0.3, 0.4) is 0 Å². The Morgan fingerprint density at radius 1 is 1.21 bits per heavy atom. The SMILES string of the molecule is CC(C)c1cc(C(=O)N2CCC3CCC(C2)N3)c2ccccc2n1. The van der Waals surface area contributed by atoms with Gasteiger partial charge in [0, 0.05) is 36.3 Å². The minimum absolute atomic E-state index is 0.157. The Hall–Kier alpha value is -1.94. The summed E-state index contributed by atoms with van der Waals surface area (Å²) < 4.78 is 0. The number of carbonyl (C=O) groups excluding carboxylic acids is 1. The van der Waals surface area contributed by atoms with Crippen molar-refractivity contribution in [2.75, 3.05) is 13.1 Å². The molecule has 2 fully saturated rings. The summed E-state index contributed by atoms with van der Waals surface area (Å²) >= 11 is 0. The zero-order valence-electron chi connectivity index (χ0n) is 14.5. The monoisotopic (exact) mass is 323 g/mol. The summed E-state index contributed by atoms with van der Waals surface area (Å²) in [7, 11) is 0. The number of rotatable bonds is 2. The highest BCUT2D eigenvalue weighted by Crippen LogP contribution is 2.26. The number of nitrogens with one attached hydrogen (secondary N) is 1. The number of hydrogen-bond donors (Lipinski definition) is 1. The lowest BCUT2D eigenvalue weighted by atomic mass is 10.0. The van der Waals surface area contributed by atoms with Gasteiger partial charge in [-0.25, -0.2) is 0 Å². The maximum atomic E-state index is 13.3. The van der Waals surface area contributed by atoms with E-state index in [1.165, 1.54) is 12.8 Å². The third-order valence-electron chi connectivity index (χ3n) is 5.37. The average molecular weight is 323 g/mol. The van der Waals surface area contributed by atoms with Crippen LogP contribution in [0.4, 0.5) is 0 Å². The second kappa shape index (κ2) is 6.17. The minimum atomic E-state index is 0.157. The number of hydrogen-bond acceptors (Lipinski definition) is 3. The van der Waals surface area contributed by atoms with Gasteiger partial charge in [-0.1, -0.05) is 32.0 Å². The van der Waals surface area contributed by atoms with Crippen LogP contribution in [-0.2, 0) is 0 Å². The molecule has 0 saturated carbocycles. The van der Waals surface area contributed by atoms with Crippen LogP contribution in [0.2, 0.25) is 0 Å². The number of carbonyl (C=O) groups is 1. The maximum Gasteiger partial charge on any atom is 0.254 e. The van der Waals surface area contributed by atoms with Crippen LogP contribution in [0.15, 0.2) is 30.3 Å². The number of aromatic nitrogens is 1. The largest absolute Gasteiger partial charge is 0.337 e. The molecule has 126 valence electrons. The first-order valence-corrected chi connectivity index (χ1v) is 9.07. The normalized spacial score (nSPS) is 23.7. The zero-order valence-corrected chi connectivity index (χ0v) is 14.5. The molecule has 2 bridgehead atoms. The van der Waals surface area contributed by atoms with Gasteiger partial charge in [-0.2, -0.15) is 0 Å². The third kappa shape index (κ3) is 2.80. The highest BCUT2D eigenvalue weighted by molar-refractivity contribution is 6.06. The standard InChI is InChI=1S/C20H25N3O/c1-13(2)19-11-17(16-5-3-4-6-18(16)22-19)20(24)23-10-9-14-7-8-15(12-23)21-14/h3-6,11,13-15,21H,7-10,12H2,1-2H3. The fourth-order valence-electron chi connectivity index (χ4n) is 3.97. The highest BCUT2D eigenvalue weighted by atomic mass is 16.2. The van der Waals surface area contributed by atoms with Crippen molar-refractivity contribution >= 4 is 16.8 Å². The topological polar surface area (TPSA) is 45.2 Å². The Labute approximate surface area is 143 Å². The van der Waals surface area contributed by atoms with E-state index in [1.807, 2.05) is 35.2 Å². The van der Waals surface area contributed by atoms with E-state index >= 15 is 0 Å². The van der Waals surface area contributed by atoms with Crippen molar-refractivity contribution in [1.29, 1.82) is 0 Å². The Balaban J connectivity index is 1.73. The molecule has 4 rings (SSSR count). The Morgan fingerprint density at radius 3 is 2.83 bits per heavy atom. The van der Waals surface area contributed by atoms with Crippen LogP contribution in [0.5, 0.6) is 0 Å². The first kappa shape index (κ1) is 15.6. The van der Waals surface area contributed by atoms with Crippen LogP contribution in [0, 0.1) is 0 Å². The van der Waals surface area contributed by atoms with Gasteiger partial charge in [-0.05, 0) is 37.3 Å². The number of para-hydroxylation sites is 1. The molecule has 1 aromatic heterocycles. The van der Waals surface area contributed by atoms with Crippen molar-refractivity contribution in [2.24, 2.45) is 0 Å². The van der Waals surface area contributed by atoms with Crippen molar-refractivity contribution in [3.63, 3.8) is 0 Å². The molecule has 2 atom stereocenters. The molecular weight excluding hydrogens is 298 g/mol. The summed E-state index contributed by atoms with van der Waals surface area (Å²) in [5.41, 5.74) is 2.72. The quantitative estimate of drug-likeness (QED) is 0.922. The van der Waals surface area contributed by atoms with Gasteiger partial charge < -0.3 is 10.2 Å². The lowest BCUT2D eigenvalue weighted by Gasteiger charge is -2.25. The van der Waals surface area contributed by atoms with Gasteiger partial charge in [-0.15, -0.1) is 0 Å². The smallest absolute Gasteiger partial charge is 0.254 e. The lowest BCUT2D eigenvalue weighted by molar-refractivity contribution is 0.0750. The summed E-state index contributed by atoms with van der Waals surface area (Å²) in [5, 5.41) is 4.62. The summed E-state index contributed by atoms with van der Waals surface area (Å²) in [6, 6.07) is 11.1. The second-order valence-corrected chi connectivity index (χ2v) is 7.44. The predicted octanol–water partition coefficient (Wildman–Crippen LogP) is 3.32. The van der Waals surface area contributed by atoms with E-state index in [-0.39, 0.29) is 5.91 Å². The number of likely N-dealkylation sites (tertiary alicyclic amines) is 1. The van der Waals surface area contributed by atoms with E-state index in [0.29, 0.717) is 18.0 Å². The summed E-state index contributed by atoms with van der Waals surface area (Å²) in [4.78, 5) is 20.1. The summed E-state index contributed by atoms with van der Waals surface area (Å²) in [5.74, 6) is 0.466. The molecule has 0 spiro atoms. The molecule has 1 N–H and O–H groups in total. The van der Waals surface area contributed by atoms with Gasteiger partial charge in [0.2, 0.25) is 0 Å². The van der Waals surface area contributed by atoms with Crippen molar-refractivity contribution in [2.45, 2.75) is 51.1 Å². The number of fused-ring (bicyclic) bond motifs is 3. The molecule has 2 aliphatic rings. The molecule has 2 aliphatic heterocycles. The predicted molar refractivity (Wildman–Crippen MR) is 96.3 cm³/mol. The maximum absolute atomic E-state index is 13.3. The summed E-state index contributed by atoms with van der Waals surface area (Å²) in [6.07, 6.45) is 3.49. The Bertz CT molecular complexity index is 771. The van der Waals surface area contributed by atoms with Crippen molar-refractivity contribution in [3.05, 3.63) is 41.6 Å². The number of benzene rings is 1. The van der Waals surface area contributed by atoms with Crippen LogP contribution < -0.4 is 5.32 Å². The molecule has 1 aromatic carbocycles. The molecule has 4 heteroatoms. The molecule has 2 unspecified atom stereocenters. The molecule has 24 heavy (non-hydrogen) atoms. The Morgan fingerprint density at radius 2 is 2.00 bits per heavy atom. The zero-order chi connectivity index (χ0) is 16.7. The van der Waals surface area contributed by atoms with Gasteiger partial charge in [0.1, 0.15) is 0 Å². The van der Waals surface area contributed by atoms with Crippen molar-refractivity contribution in [1.82, 2.24) is 15.2 Å². The average Bonchev–Trinajstić information content (AvgIpc) is 2.92. The molecular formula is C20H25N3O. The van der Waals surface area contributed by atoms with E-state index in [0.717, 1.165) is 41.7 Å². The van der Waals surface area contributed by atoms with Gasteiger partial charge in [0.05, 0.1) is 11.1 Å². The van der Waals surface area contributed by atoms with Crippen molar-refractivity contribution < 1.29 is 4.79 Å². The van der Waals surface area contributed by atoms with Crippen LogP contribution in [-0.4, -0.2) is 41.0 Å². The Kier molecular flexibility index (Phi) is 4.01. The van der Waals surface area contributed by atoms with E-state index in [1.54, 1.807) is 0 Å². The fraction of sp³-hybridized carbons (Fsp3) is 0.500. The minimum Gasteiger partial charge on any atom is -0.337 e. The van der Waals surface area contributed by atoms with Crippen LogP contribution in [0.1, 0.15) is 55.1 Å². The van der Waals surface area contributed by atoms with Gasteiger partial charge in [0.15, 0.2) is 0 Å². The first-order valence-electron chi connectivity index (χ1n) is 9.07. The van der Waals surface area contributed by atoms with Gasteiger partial charge in [0.25, 0.3) is 5.91 Å². The molecule has 2 aromatic rings. The number of amides is 1. The van der Waals surface area contributed by atoms with Crippen molar-refractivity contribution in [3.8, 4) is 0 Å². The molecule has 0 radical (unpaired) electrons. The number of nitrogens with zero attached hydrogens (tertiary/aromatic N) is 2. The molecule has 3 heterocycles. The molecule has 1 amide bonds. The number of pyridine rings is 1. The first-order chi connectivity index (χ1) is 11.6. The van der Waals surface area contributed by atoms with E-state index in [4.69, 9.17) is 4.98 Å². The van der Waals surface area contributed by atoms with E-state index < -0.39 is 0 Å².